The molecule has 1 heterocycles. The van der Waals surface area contributed by atoms with E-state index in [1.54, 1.807) is 0 Å². The lowest BCUT2D eigenvalue weighted by Gasteiger charge is -2.05. The molecule has 0 saturated heterocycles. The van der Waals surface area contributed by atoms with Crippen LogP contribution in [0, 0.1) is 13.5 Å². The summed E-state index contributed by atoms with van der Waals surface area (Å²) < 4.78 is 3.10. The highest BCUT2D eigenvalue weighted by Gasteiger charge is 2.09. The first-order chi connectivity index (χ1) is 8.17. The van der Waals surface area contributed by atoms with Crippen LogP contribution >= 0.6 is 15.9 Å². The molecule has 2 rings (SSSR count). The molecule has 0 amide bonds. The molecule has 0 aliphatic rings. The molecule has 0 spiro atoms. The Morgan fingerprint density at radius 2 is 2.24 bits per heavy atom. The number of aromatic nitrogens is 1. The summed E-state index contributed by atoms with van der Waals surface area (Å²) in [6.07, 6.45) is 2.74. The average molecular weight is 293 g/mol. The number of fused-ring (bicyclic) bond motifs is 1. The van der Waals surface area contributed by atoms with Gasteiger partial charge in [0.05, 0.1) is 6.57 Å². The topological polar surface area (TPSA) is 29.5 Å². The van der Waals surface area contributed by atoms with Gasteiger partial charge < -0.3 is 9.67 Å². The van der Waals surface area contributed by atoms with Crippen molar-refractivity contribution < 1.29 is 5.11 Å². The Hall–Kier alpha value is -1.31. The Labute approximate surface area is 109 Å². The number of aryl methyl sites for hydroxylation is 2. The Kier molecular flexibility index (Phi) is 3.51. The Bertz CT molecular complexity index is 595. The maximum absolute atomic E-state index is 8.88. The van der Waals surface area contributed by atoms with E-state index in [9.17, 15) is 0 Å². The second-order valence-corrected chi connectivity index (χ2v) is 4.87. The van der Waals surface area contributed by atoms with E-state index in [0.29, 0.717) is 5.69 Å². The molecule has 1 aromatic heterocycles. The molecule has 88 valence electrons. The normalized spacial score (nSPS) is 10.7. The van der Waals surface area contributed by atoms with Crippen LogP contribution in [0.25, 0.3) is 15.7 Å². The van der Waals surface area contributed by atoms with Crippen molar-refractivity contribution in [1.29, 1.82) is 0 Å². The van der Waals surface area contributed by atoms with Crippen LogP contribution in [0.15, 0.2) is 22.8 Å². The Morgan fingerprint density at radius 3 is 2.88 bits per heavy atom. The molecule has 0 atom stereocenters. The van der Waals surface area contributed by atoms with E-state index in [1.807, 2.05) is 25.3 Å². The lowest BCUT2D eigenvalue weighted by Crippen LogP contribution is -1.98. The average Bonchev–Trinajstić information content (AvgIpc) is 2.62. The maximum atomic E-state index is 8.88. The van der Waals surface area contributed by atoms with Crippen LogP contribution in [0.5, 0.6) is 0 Å². The van der Waals surface area contributed by atoms with E-state index >= 15 is 0 Å². The molecule has 0 unspecified atom stereocenters. The molecule has 0 fully saturated rings. The summed E-state index contributed by atoms with van der Waals surface area (Å²) in [5.74, 6) is 0. The third-order valence-corrected chi connectivity index (χ3v) is 3.46. The Morgan fingerprint density at radius 1 is 1.47 bits per heavy atom. The number of hydrogen-bond donors (Lipinski definition) is 1. The third kappa shape index (κ3) is 2.21. The SMILES string of the molecule is [C-]#[N+]c1cc2c(Br)cn(CCCO)c2cc1C. The highest BCUT2D eigenvalue weighted by atomic mass is 79.9. The van der Waals surface area contributed by atoms with Crippen LogP contribution in [0.3, 0.4) is 0 Å². The van der Waals surface area contributed by atoms with Crippen LogP contribution in [0.2, 0.25) is 0 Å². The minimum absolute atomic E-state index is 0.191. The largest absolute Gasteiger partial charge is 0.396 e. The van der Waals surface area contributed by atoms with Crippen molar-refractivity contribution in [2.24, 2.45) is 0 Å². The fraction of sp³-hybridized carbons (Fsp3) is 0.308. The zero-order valence-electron chi connectivity index (χ0n) is 9.57. The van der Waals surface area contributed by atoms with Gasteiger partial charge in [-0.2, -0.15) is 0 Å². The maximum Gasteiger partial charge on any atom is 0.190 e. The van der Waals surface area contributed by atoms with Gasteiger partial charge in [-0.25, -0.2) is 4.85 Å². The van der Waals surface area contributed by atoms with Crippen molar-refractivity contribution in [3.05, 3.63) is 39.8 Å². The fourth-order valence-corrected chi connectivity index (χ4v) is 2.50. The number of halogens is 1. The van der Waals surface area contributed by atoms with Crippen LogP contribution < -0.4 is 0 Å². The van der Waals surface area contributed by atoms with Gasteiger partial charge in [0.15, 0.2) is 5.69 Å². The summed E-state index contributed by atoms with van der Waals surface area (Å²) in [6, 6.07) is 3.95. The van der Waals surface area contributed by atoms with Crippen LogP contribution in [0.4, 0.5) is 5.69 Å². The molecule has 1 N–H and O–H groups in total. The van der Waals surface area contributed by atoms with Crippen LogP contribution in [-0.2, 0) is 6.54 Å². The summed E-state index contributed by atoms with van der Waals surface area (Å²) in [5, 5.41) is 9.93. The van der Waals surface area contributed by atoms with E-state index in [1.165, 1.54) is 0 Å². The number of rotatable bonds is 3. The first kappa shape index (κ1) is 12.2. The molecule has 1 aromatic carbocycles. The van der Waals surface area contributed by atoms with Gasteiger partial charge in [0.25, 0.3) is 0 Å². The van der Waals surface area contributed by atoms with Gasteiger partial charge in [0.2, 0.25) is 0 Å². The lowest BCUT2D eigenvalue weighted by molar-refractivity contribution is 0.280. The molecule has 17 heavy (non-hydrogen) atoms. The van der Waals surface area contributed by atoms with Crippen molar-refractivity contribution in [2.75, 3.05) is 6.61 Å². The number of aliphatic hydroxyl groups is 1. The first-order valence-corrected chi connectivity index (χ1v) is 6.24. The monoisotopic (exact) mass is 292 g/mol. The number of hydrogen-bond acceptors (Lipinski definition) is 1. The van der Waals surface area contributed by atoms with Gasteiger partial charge in [-0.05, 0) is 47.0 Å². The van der Waals surface area contributed by atoms with E-state index in [2.05, 4.69) is 25.3 Å². The van der Waals surface area contributed by atoms with Crippen molar-refractivity contribution in [2.45, 2.75) is 19.9 Å². The first-order valence-electron chi connectivity index (χ1n) is 5.44. The minimum atomic E-state index is 0.191. The van der Waals surface area contributed by atoms with Gasteiger partial charge in [-0.1, -0.05) is 0 Å². The molecule has 0 aliphatic carbocycles. The third-order valence-electron chi connectivity index (χ3n) is 2.83. The summed E-state index contributed by atoms with van der Waals surface area (Å²) >= 11 is 3.51. The molecular formula is C13H13BrN2O. The summed E-state index contributed by atoms with van der Waals surface area (Å²) in [6.45, 7) is 10.0. The predicted octanol–water partition coefficient (Wildman–Crippen LogP) is 3.65. The number of benzene rings is 1. The van der Waals surface area contributed by atoms with Crippen molar-refractivity contribution in [3.8, 4) is 0 Å². The molecule has 4 heteroatoms. The molecule has 2 aromatic rings. The summed E-state index contributed by atoms with van der Waals surface area (Å²) in [7, 11) is 0. The fourth-order valence-electron chi connectivity index (χ4n) is 1.93. The second kappa shape index (κ2) is 4.91. The molecule has 0 bridgehead atoms. The second-order valence-electron chi connectivity index (χ2n) is 4.02. The highest BCUT2D eigenvalue weighted by Crippen LogP contribution is 2.32. The van der Waals surface area contributed by atoms with Gasteiger partial charge in [0.1, 0.15) is 0 Å². The molecule has 0 radical (unpaired) electrons. The van der Waals surface area contributed by atoms with Gasteiger partial charge >= 0.3 is 0 Å². The van der Waals surface area contributed by atoms with Crippen LogP contribution in [0.1, 0.15) is 12.0 Å². The van der Waals surface area contributed by atoms with E-state index in [4.69, 9.17) is 11.7 Å². The van der Waals surface area contributed by atoms with Gasteiger partial charge in [-0.3, -0.25) is 0 Å². The van der Waals surface area contributed by atoms with Crippen molar-refractivity contribution in [3.63, 3.8) is 0 Å². The quantitative estimate of drug-likeness (QED) is 0.860. The van der Waals surface area contributed by atoms with Gasteiger partial charge in [-0.15, -0.1) is 0 Å². The Balaban J connectivity index is 2.59. The summed E-state index contributed by atoms with van der Waals surface area (Å²) in [4.78, 5) is 3.51. The van der Waals surface area contributed by atoms with Crippen LogP contribution in [-0.4, -0.2) is 16.3 Å². The van der Waals surface area contributed by atoms with E-state index in [0.717, 1.165) is 33.9 Å². The van der Waals surface area contributed by atoms with E-state index < -0.39 is 0 Å². The minimum Gasteiger partial charge on any atom is -0.396 e. The molecule has 3 nitrogen and oxygen atoms in total. The zero-order chi connectivity index (χ0) is 12.4. The number of aliphatic hydroxyl groups excluding tert-OH is 1. The molecule has 0 aliphatic heterocycles. The van der Waals surface area contributed by atoms with Gasteiger partial charge in [0, 0.05) is 34.7 Å². The van der Waals surface area contributed by atoms with Crippen molar-refractivity contribution in [1.82, 2.24) is 4.57 Å². The lowest BCUT2D eigenvalue weighted by atomic mass is 10.1. The van der Waals surface area contributed by atoms with E-state index in [-0.39, 0.29) is 6.61 Å². The predicted molar refractivity (Wildman–Crippen MR) is 72.3 cm³/mol. The molecule has 0 saturated carbocycles. The summed E-state index contributed by atoms with van der Waals surface area (Å²) in [5.41, 5.74) is 2.79. The number of nitrogens with zero attached hydrogens (tertiary/aromatic N) is 2. The molecular weight excluding hydrogens is 280 g/mol. The smallest absolute Gasteiger partial charge is 0.190 e. The zero-order valence-corrected chi connectivity index (χ0v) is 11.2. The highest BCUT2D eigenvalue weighted by molar-refractivity contribution is 9.10. The van der Waals surface area contributed by atoms with Crippen molar-refractivity contribution >= 4 is 32.5 Å². The standard InChI is InChI=1S/C13H13BrN2O/c1-9-6-13-10(7-12(9)15-2)11(14)8-16(13)4-3-5-17/h6-8,17H,3-5H2,1H3.